The Labute approximate surface area is 275 Å². The molecule has 9 aromatic rings. The molecular weight excluding hydrogens is 593 g/mol. The molecule has 47 heavy (non-hydrogen) atoms. The van der Waals surface area contributed by atoms with Crippen LogP contribution in [0.3, 0.4) is 0 Å². The van der Waals surface area contributed by atoms with Crippen molar-refractivity contribution in [2.45, 2.75) is 0 Å². The van der Waals surface area contributed by atoms with Crippen LogP contribution in [0.1, 0.15) is 0 Å². The Hall–Kier alpha value is -5.97. The molecule has 0 amide bonds. The molecule has 0 radical (unpaired) electrons. The maximum absolute atomic E-state index is 6.65. The number of para-hydroxylation sites is 4. The van der Waals surface area contributed by atoms with Gasteiger partial charge in [0.1, 0.15) is 0 Å². The first kappa shape index (κ1) is 26.3. The average molecular weight is 619 g/mol. The van der Waals surface area contributed by atoms with E-state index >= 15 is 0 Å². The number of nitrogens with zero attached hydrogens (tertiary/aromatic N) is 2. The lowest BCUT2D eigenvalue weighted by atomic mass is 9.92. The van der Waals surface area contributed by atoms with Crippen LogP contribution < -0.4 is 9.64 Å². The van der Waals surface area contributed by atoms with Gasteiger partial charge in [-0.3, -0.25) is 0 Å². The van der Waals surface area contributed by atoms with E-state index in [-0.39, 0.29) is 0 Å². The number of rotatable bonds is 3. The molecule has 10 rings (SSSR count). The molecule has 0 saturated heterocycles. The average Bonchev–Trinajstić information content (AvgIpc) is 3.53. The Morgan fingerprint density at radius 1 is 0.511 bits per heavy atom. The highest BCUT2D eigenvalue weighted by Crippen LogP contribution is 2.53. The molecule has 0 atom stereocenters. The van der Waals surface area contributed by atoms with E-state index < -0.39 is 0 Å². The van der Waals surface area contributed by atoms with Crippen molar-refractivity contribution in [3.05, 3.63) is 158 Å². The summed E-state index contributed by atoms with van der Waals surface area (Å²) in [4.78, 5) is 7.58. The minimum absolute atomic E-state index is 0.833. The van der Waals surface area contributed by atoms with Crippen LogP contribution in [0.15, 0.2) is 158 Å². The van der Waals surface area contributed by atoms with E-state index in [0.29, 0.717) is 0 Å². The molecule has 4 heteroatoms. The highest BCUT2D eigenvalue weighted by atomic mass is 32.1. The third kappa shape index (κ3) is 4.02. The first-order valence-electron chi connectivity index (χ1n) is 15.8. The van der Waals surface area contributed by atoms with E-state index in [4.69, 9.17) is 9.72 Å². The number of hydrogen-bond donors (Lipinski definition) is 0. The Morgan fingerprint density at radius 2 is 1.21 bits per heavy atom. The molecular formula is C43H26N2OS. The fraction of sp³-hybridized carbons (Fsp3) is 0. The highest BCUT2D eigenvalue weighted by Gasteiger charge is 2.27. The minimum atomic E-state index is 0.833. The molecule has 0 bridgehead atoms. The van der Waals surface area contributed by atoms with Crippen molar-refractivity contribution in [2.75, 3.05) is 4.90 Å². The van der Waals surface area contributed by atoms with E-state index in [1.54, 1.807) is 0 Å². The van der Waals surface area contributed by atoms with Crippen LogP contribution in [-0.2, 0) is 0 Å². The van der Waals surface area contributed by atoms with Gasteiger partial charge in [0.15, 0.2) is 11.5 Å². The maximum atomic E-state index is 6.65. The third-order valence-electron chi connectivity index (χ3n) is 9.21. The molecule has 0 saturated carbocycles. The number of hydrogen-bond acceptors (Lipinski definition) is 4. The molecule has 1 aliphatic rings. The molecule has 0 N–H and O–H groups in total. The predicted octanol–water partition coefficient (Wildman–Crippen LogP) is 12.7. The van der Waals surface area contributed by atoms with Gasteiger partial charge >= 0.3 is 0 Å². The van der Waals surface area contributed by atoms with Crippen LogP contribution in [0.2, 0.25) is 0 Å². The van der Waals surface area contributed by atoms with Gasteiger partial charge in [-0.15, -0.1) is 11.3 Å². The van der Waals surface area contributed by atoms with Crippen LogP contribution in [0.4, 0.5) is 17.1 Å². The molecule has 0 spiro atoms. The number of thiophene rings is 1. The summed E-state index contributed by atoms with van der Waals surface area (Å²) in [6, 6.07) is 55.7. The molecule has 220 valence electrons. The summed E-state index contributed by atoms with van der Waals surface area (Å²) in [5.41, 5.74) is 8.55. The second-order valence-electron chi connectivity index (χ2n) is 11.9. The number of anilines is 3. The van der Waals surface area contributed by atoms with Crippen LogP contribution in [0, 0.1) is 0 Å². The first-order valence-corrected chi connectivity index (χ1v) is 16.6. The summed E-state index contributed by atoms with van der Waals surface area (Å²) in [7, 11) is 0. The topological polar surface area (TPSA) is 25.4 Å². The Balaban J connectivity index is 1.29. The van der Waals surface area contributed by atoms with Gasteiger partial charge in [0.25, 0.3) is 0 Å². The van der Waals surface area contributed by atoms with Gasteiger partial charge < -0.3 is 9.64 Å². The van der Waals surface area contributed by atoms with Crippen molar-refractivity contribution in [3.63, 3.8) is 0 Å². The Kier molecular flexibility index (Phi) is 5.74. The Morgan fingerprint density at radius 3 is 2.09 bits per heavy atom. The standard InChI is InChI=1S/C43H26N2OS/c1-3-13-27(14-4-1)42-33-26-32(43-41(31-18-8-12-22-39(31)47-43)40(33)30-17-7-9-19-34(30)44-42)28-23-24-36-38(25-28)46-37-21-11-10-20-35(37)45(36)29-15-5-2-6-16-29/h1-26H. The monoisotopic (exact) mass is 618 g/mol. The zero-order valence-electron chi connectivity index (χ0n) is 25.2. The van der Waals surface area contributed by atoms with Gasteiger partial charge in [-0.05, 0) is 60.2 Å². The fourth-order valence-electron chi connectivity index (χ4n) is 7.14. The quantitative estimate of drug-likeness (QED) is 0.184. The molecule has 0 fully saturated rings. The lowest BCUT2D eigenvalue weighted by Gasteiger charge is -2.33. The van der Waals surface area contributed by atoms with Crippen molar-refractivity contribution < 1.29 is 4.74 Å². The molecule has 1 aliphatic heterocycles. The molecule has 3 heterocycles. The molecule has 7 aromatic carbocycles. The predicted molar refractivity (Wildman–Crippen MR) is 198 cm³/mol. The van der Waals surface area contributed by atoms with Gasteiger partial charge in [0, 0.05) is 53.1 Å². The summed E-state index contributed by atoms with van der Waals surface area (Å²) in [6.45, 7) is 0. The van der Waals surface area contributed by atoms with Gasteiger partial charge in [-0.1, -0.05) is 103 Å². The molecule has 2 aromatic heterocycles. The van der Waals surface area contributed by atoms with E-state index in [9.17, 15) is 0 Å². The van der Waals surface area contributed by atoms with Crippen LogP contribution in [-0.4, -0.2) is 4.98 Å². The van der Waals surface area contributed by atoms with E-state index in [0.717, 1.165) is 56.3 Å². The highest BCUT2D eigenvalue weighted by molar-refractivity contribution is 7.26. The zero-order valence-corrected chi connectivity index (χ0v) is 26.0. The Bertz CT molecular complexity index is 2660. The van der Waals surface area contributed by atoms with Crippen LogP contribution >= 0.6 is 11.3 Å². The molecule has 0 aliphatic carbocycles. The third-order valence-corrected chi connectivity index (χ3v) is 10.4. The number of benzene rings is 7. The van der Waals surface area contributed by atoms with Crippen molar-refractivity contribution >= 4 is 70.2 Å². The van der Waals surface area contributed by atoms with Gasteiger partial charge in [-0.2, -0.15) is 0 Å². The number of pyridine rings is 1. The summed E-state index contributed by atoms with van der Waals surface area (Å²) >= 11 is 1.86. The first-order chi connectivity index (χ1) is 23.3. The van der Waals surface area contributed by atoms with E-state index in [1.807, 2.05) is 23.5 Å². The van der Waals surface area contributed by atoms with Crippen molar-refractivity contribution in [3.8, 4) is 33.9 Å². The van der Waals surface area contributed by atoms with Crippen molar-refractivity contribution in [1.82, 2.24) is 4.98 Å². The minimum Gasteiger partial charge on any atom is -0.453 e. The smallest absolute Gasteiger partial charge is 0.152 e. The summed E-state index contributed by atoms with van der Waals surface area (Å²) in [5.74, 6) is 1.67. The normalized spacial score (nSPS) is 12.4. The fourth-order valence-corrected chi connectivity index (χ4v) is 8.39. The lowest BCUT2D eigenvalue weighted by molar-refractivity contribution is 0.477. The largest absolute Gasteiger partial charge is 0.453 e. The SMILES string of the molecule is c1ccc(-c2nc3ccccc3c3c2cc(-c2ccc4c(c2)Oc2ccccc2N4c2ccccc2)c2sc4ccccc4c23)cc1. The van der Waals surface area contributed by atoms with Crippen LogP contribution in [0.5, 0.6) is 11.5 Å². The van der Waals surface area contributed by atoms with Gasteiger partial charge in [0.2, 0.25) is 0 Å². The number of aromatic nitrogens is 1. The lowest BCUT2D eigenvalue weighted by Crippen LogP contribution is -2.15. The summed E-state index contributed by atoms with van der Waals surface area (Å²) < 4.78 is 9.19. The zero-order chi connectivity index (χ0) is 30.9. The second kappa shape index (κ2) is 10.3. The van der Waals surface area contributed by atoms with Gasteiger partial charge in [0.05, 0.1) is 22.6 Å². The summed E-state index contributed by atoms with van der Waals surface area (Å²) in [6.07, 6.45) is 0. The van der Waals surface area contributed by atoms with Gasteiger partial charge in [-0.25, -0.2) is 4.98 Å². The molecule has 3 nitrogen and oxygen atoms in total. The second-order valence-corrected chi connectivity index (χ2v) is 13.0. The van der Waals surface area contributed by atoms with Crippen molar-refractivity contribution in [2.24, 2.45) is 0 Å². The molecule has 0 unspecified atom stereocenters. The maximum Gasteiger partial charge on any atom is 0.152 e. The number of fused-ring (bicyclic) bond motifs is 9. The van der Waals surface area contributed by atoms with E-state index in [1.165, 1.54) is 36.5 Å². The van der Waals surface area contributed by atoms with Crippen molar-refractivity contribution in [1.29, 1.82) is 0 Å². The number of ether oxygens (including phenoxy) is 1. The van der Waals surface area contributed by atoms with Crippen LogP contribution in [0.25, 0.3) is 64.2 Å². The summed E-state index contributed by atoms with van der Waals surface area (Å²) in [5, 5.41) is 6.13. The van der Waals surface area contributed by atoms with E-state index in [2.05, 4.69) is 150 Å².